The molecule has 0 saturated heterocycles. The molecule has 76 valence electrons. The predicted molar refractivity (Wildman–Crippen MR) is 50.6 cm³/mol. The minimum absolute atomic E-state index is 0.252. The van der Waals surface area contributed by atoms with E-state index in [1.54, 1.807) is 20.8 Å². The first kappa shape index (κ1) is 14.2. The first-order valence-corrected chi connectivity index (χ1v) is 3.79. The number of esters is 1. The van der Waals surface area contributed by atoms with Crippen LogP contribution in [0, 0.1) is 5.41 Å². The van der Waals surface area contributed by atoms with Crippen molar-refractivity contribution in [3.05, 3.63) is 12.8 Å². The Morgan fingerprint density at radius 1 is 1.38 bits per heavy atom. The molecule has 0 fully saturated rings. The van der Waals surface area contributed by atoms with Crippen molar-refractivity contribution < 1.29 is 14.3 Å². The van der Waals surface area contributed by atoms with Crippen LogP contribution in [-0.4, -0.2) is 11.9 Å². The molecule has 4 nitrogen and oxygen atoms in total. The van der Waals surface area contributed by atoms with Crippen LogP contribution < -0.4 is 5.73 Å². The fraction of sp³-hybridized carbons (Fsp3) is 0.556. The number of amides is 1. The van der Waals surface area contributed by atoms with E-state index in [1.807, 2.05) is 0 Å². The Morgan fingerprint density at radius 3 is 1.77 bits per heavy atom. The van der Waals surface area contributed by atoms with E-state index in [0.29, 0.717) is 0 Å². The van der Waals surface area contributed by atoms with E-state index in [0.717, 1.165) is 6.26 Å². The van der Waals surface area contributed by atoms with Crippen LogP contribution in [0.4, 0.5) is 0 Å². The Kier molecular flexibility index (Phi) is 6.81. The monoisotopic (exact) mass is 187 g/mol. The zero-order valence-corrected chi connectivity index (χ0v) is 8.59. The van der Waals surface area contributed by atoms with Gasteiger partial charge < -0.3 is 10.5 Å². The summed E-state index contributed by atoms with van der Waals surface area (Å²) in [5.74, 6) is -0.586. The maximum atomic E-state index is 10.8. The molecular formula is C9H17NO3. The predicted octanol–water partition coefficient (Wildman–Crippen LogP) is 1.21. The van der Waals surface area contributed by atoms with Crippen molar-refractivity contribution in [3.63, 3.8) is 0 Å². The average molecular weight is 187 g/mol. The minimum Gasteiger partial charge on any atom is -0.435 e. The van der Waals surface area contributed by atoms with Gasteiger partial charge in [0.2, 0.25) is 5.91 Å². The highest BCUT2D eigenvalue weighted by Crippen LogP contribution is 2.14. The summed E-state index contributed by atoms with van der Waals surface area (Å²) in [7, 11) is 0. The number of carbonyl (C=O) groups excluding carboxylic acids is 2. The van der Waals surface area contributed by atoms with Crippen LogP contribution in [0.5, 0.6) is 0 Å². The van der Waals surface area contributed by atoms with E-state index in [9.17, 15) is 9.59 Å². The van der Waals surface area contributed by atoms with Crippen molar-refractivity contribution in [2.24, 2.45) is 11.1 Å². The number of hydrogen-bond donors (Lipinski definition) is 1. The second kappa shape index (κ2) is 6.22. The molecule has 1 amide bonds. The zero-order valence-electron chi connectivity index (χ0n) is 8.59. The molecule has 0 spiro atoms. The van der Waals surface area contributed by atoms with Crippen molar-refractivity contribution in [2.75, 3.05) is 0 Å². The first-order chi connectivity index (χ1) is 5.71. The van der Waals surface area contributed by atoms with Gasteiger partial charge in [0.05, 0.1) is 11.7 Å². The maximum Gasteiger partial charge on any atom is 0.316 e. The van der Waals surface area contributed by atoms with Gasteiger partial charge in [-0.3, -0.25) is 9.59 Å². The Bertz CT molecular complexity index is 188. The number of primary amides is 1. The lowest BCUT2D eigenvalue weighted by atomic mass is 9.98. The van der Waals surface area contributed by atoms with E-state index in [4.69, 9.17) is 0 Å². The molecule has 0 bridgehead atoms. The molecule has 0 saturated carbocycles. The van der Waals surface area contributed by atoms with Gasteiger partial charge in [-0.15, -0.1) is 0 Å². The van der Waals surface area contributed by atoms with Gasteiger partial charge in [-0.25, -0.2) is 0 Å². The van der Waals surface area contributed by atoms with Crippen LogP contribution in [0.3, 0.4) is 0 Å². The summed E-state index contributed by atoms with van der Waals surface area (Å²) in [6.07, 6.45) is 1.15. The molecule has 0 unspecified atom stereocenters. The van der Waals surface area contributed by atoms with Gasteiger partial charge in [0, 0.05) is 6.92 Å². The summed E-state index contributed by atoms with van der Waals surface area (Å²) < 4.78 is 4.53. The van der Waals surface area contributed by atoms with Gasteiger partial charge in [0.15, 0.2) is 0 Å². The van der Waals surface area contributed by atoms with Crippen LogP contribution in [0.2, 0.25) is 0 Å². The summed E-state index contributed by atoms with van der Waals surface area (Å²) in [5.41, 5.74) is 4.05. The highest BCUT2D eigenvalue weighted by atomic mass is 16.5. The third-order valence-corrected chi connectivity index (χ3v) is 0.803. The van der Waals surface area contributed by atoms with Crippen molar-refractivity contribution in [1.29, 1.82) is 0 Å². The molecule has 0 aliphatic carbocycles. The fourth-order valence-corrected chi connectivity index (χ4v) is 0.252. The van der Waals surface area contributed by atoms with Crippen LogP contribution in [0.25, 0.3) is 0 Å². The molecular weight excluding hydrogens is 170 g/mol. The highest BCUT2D eigenvalue weighted by Gasteiger charge is 2.21. The lowest BCUT2D eigenvalue weighted by Gasteiger charge is -2.13. The summed E-state index contributed by atoms with van der Waals surface area (Å²) >= 11 is 0. The average Bonchev–Trinajstić information content (AvgIpc) is 1.84. The Labute approximate surface area is 78.8 Å². The van der Waals surface area contributed by atoms with Gasteiger partial charge >= 0.3 is 5.97 Å². The molecule has 4 heteroatoms. The maximum absolute atomic E-state index is 10.8. The lowest BCUT2D eigenvalue weighted by molar-refractivity contribution is -0.146. The number of nitrogens with two attached hydrogens (primary N) is 1. The summed E-state index contributed by atoms with van der Waals surface area (Å²) in [4.78, 5) is 20.0. The van der Waals surface area contributed by atoms with Gasteiger partial charge in [-0.2, -0.15) is 0 Å². The SMILES string of the molecule is C=COC(=O)C(C)(C)C.CC(N)=O. The largest absolute Gasteiger partial charge is 0.435 e. The normalized spacial score (nSPS) is 9.23. The van der Waals surface area contributed by atoms with Gasteiger partial charge in [-0.05, 0) is 20.8 Å². The highest BCUT2D eigenvalue weighted by molar-refractivity contribution is 5.75. The number of rotatable bonds is 1. The molecule has 0 aromatic heterocycles. The zero-order chi connectivity index (χ0) is 11.1. The smallest absolute Gasteiger partial charge is 0.316 e. The van der Waals surface area contributed by atoms with E-state index < -0.39 is 5.41 Å². The fourth-order valence-electron chi connectivity index (χ4n) is 0.252. The second-order valence-electron chi connectivity index (χ2n) is 3.43. The van der Waals surface area contributed by atoms with Crippen LogP contribution in [0.15, 0.2) is 12.8 Å². The van der Waals surface area contributed by atoms with E-state index in [2.05, 4.69) is 17.0 Å². The first-order valence-electron chi connectivity index (χ1n) is 3.79. The third kappa shape index (κ3) is 13.6. The molecule has 0 atom stereocenters. The number of ether oxygens (including phenoxy) is 1. The van der Waals surface area contributed by atoms with E-state index in [1.165, 1.54) is 6.92 Å². The Morgan fingerprint density at radius 2 is 1.69 bits per heavy atom. The molecule has 0 aromatic rings. The lowest BCUT2D eigenvalue weighted by Crippen LogP contribution is -2.20. The Balaban J connectivity index is 0. The van der Waals surface area contributed by atoms with Crippen molar-refractivity contribution in [3.8, 4) is 0 Å². The molecule has 0 heterocycles. The molecule has 0 rings (SSSR count). The summed E-state index contributed by atoms with van der Waals surface area (Å²) in [5, 5.41) is 0. The van der Waals surface area contributed by atoms with Gasteiger partial charge in [-0.1, -0.05) is 6.58 Å². The second-order valence-corrected chi connectivity index (χ2v) is 3.43. The minimum atomic E-state index is -0.422. The summed E-state index contributed by atoms with van der Waals surface area (Å²) in [6, 6.07) is 0. The Hall–Kier alpha value is -1.32. The molecule has 0 aromatic carbocycles. The molecule has 13 heavy (non-hydrogen) atoms. The molecule has 0 radical (unpaired) electrons. The van der Waals surface area contributed by atoms with Gasteiger partial charge in [0.1, 0.15) is 0 Å². The standard InChI is InChI=1S/C7H12O2.C2H5NO/c1-5-9-6(8)7(2,3)4;1-2(3)4/h5H,1H2,2-4H3;1H3,(H2,3,4). The summed E-state index contributed by atoms with van der Waals surface area (Å²) in [6.45, 7) is 9.95. The number of carbonyl (C=O) groups is 2. The molecule has 0 aliphatic heterocycles. The van der Waals surface area contributed by atoms with Crippen LogP contribution in [0.1, 0.15) is 27.7 Å². The van der Waals surface area contributed by atoms with Crippen LogP contribution in [-0.2, 0) is 14.3 Å². The van der Waals surface area contributed by atoms with E-state index in [-0.39, 0.29) is 11.9 Å². The molecule has 0 aliphatic rings. The number of hydrogen-bond acceptors (Lipinski definition) is 3. The van der Waals surface area contributed by atoms with Crippen molar-refractivity contribution in [2.45, 2.75) is 27.7 Å². The molecule has 2 N–H and O–H groups in total. The van der Waals surface area contributed by atoms with Crippen molar-refractivity contribution >= 4 is 11.9 Å². The quantitative estimate of drug-likeness (QED) is 0.495. The van der Waals surface area contributed by atoms with Crippen LogP contribution >= 0.6 is 0 Å². The third-order valence-electron chi connectivity index (χ3n) is 0.803. The van der Waals surface area contributed by atoms with Gasteiger partial charge in [0.25, 0.3) is 0 Å². The topological polar surface area (TPSA) is 69.4 Å². The van der Waals surface area contributed by atoms with Crippen molar-refractivity contribution in [1.82, 2.24) is 0 Å². The van der Waals surface area contributed by atoms with E-state index >= 15 is 0 Å².